The number of amides is 1. The fraction of sp³-hybridized carbons (Fsp3) is 0.550. The van der Waals surface area contributed by atoms with Gasteiger partial charge < -0.3 is 19.7 Å². The average molecular weight is 413 g/mol. The van der Waals surface area contributed by atoms with E-state index in [9.17, 15) is 18.7 Å². The lowest BCUT2D eigenvalue weighted by atomic mass is 9.82. The smallest absolute Gasteiger partial charge is 0.253 e. The van der Waals surface area contributed by atoms with Gasteiger partial charge in [0, 0.05) is 37.6 Å². The third-order valence-electron chi connectivity index (χ3n) is 5.84. The first-order chi connectivity index (χ1) is 13.3. The number of aromatic nitrogens is 1. The summed E-state index contributed by atoms with van der Waals surface area (Å²) in [6.45, 7) is 1.18. The van der Waals surface area contributed by atoms with Gasteiger partial charge in [0.1, 0.15) is 0 Å². The Morgan fingerprint density at radius 2 is 2.07 bits per heavy atom. The van der Waals surface area contributed by atoms with E-state index in [2.05, 4.69) is 5.32 Å². The maximum Gasteiger partial charge on any atom is 0.253 e. The Morgan fingerprint density at radius 3 is 2.75 bits per heavy atom. The summed E-state index contributed by atoms with van der Waals surface area (Å²) in [7, 11) is 0. The van der Waals surface area contributed by atoms with Crippen LogP contribution in [0.1, 0.15) is 48.5 Å². The number of hydrogen-bond donors (Lipinski definition) is 2. The highest BCUT2D eigenvalue weighted by molar-refractivity contribution is 6.36. The molecule has 1 saturated carbocycles. The number of nitrogens with one attached hydrogen (secondary N) is 1. The third-order valence-corrected chi connectivity index (χ3v) is 6.16. The van der Waals surface area contributed by atoms with Crippen LogP contribution in [0.15, 0.2) is 24.4 Å². The maximum absolute atomic E-state index is 13.4. The molecule has 1 aliphatic heterocycles. The molecule has 0 spiro atoms. The van der Waals surface area contributed by atoms with Crippen LogP contribution in [0.2, 0.25) is 5.02 Å². The summed E-state index contributed by atoms with van der Waals surface area (Å²) in [5, 5.41) is 14.4. The summed E-state index contributed by atoms with van der Waals surface area (Å²) in [4.78, 5) is 12.9. The summed E-state index contributed by atoms with van der Waals surface area (Å²) >= 11 is 6.38. The molecule has 2 fully saturated rings. The highest BCUT2D eigenvalue weighted by Gasteiger charge is 2.42. The third kappa shape index (κ3) is 3.75. The predicted molar refractivity (Wildman–Crippen MR) is 102 cm³/mol. The van der Waals surface area contributed by atoms with E-state index in [1.807, 2.05) is 16.7 Å². The number of alkyl halides is 2. The van der Waals surface area contributed by atoms with Crippen LogP contribution in [-0.4, -0.2) is 46.9 Å². The van der Waals surface area contributed by atoms with Crippen molar-refractivity contribution in [3.05, 3.63) is 35.0 Å². The molecule has 2 aliphatic rings. The van der Waals surface area contributed by atoms with Crippen molar-refractivity contribution in [2.24, 2.45) is 0 Å². The van der Waals surface area contributed by atoms with Crippen molar-refractivity contribution < 1.29 is 23.4 Å². The van der Waals surface area contributed by atoms with Crippen LogP contribution in [-0.2, 0) is 4.74 Å². The number of carbonyl (C=O) groups excluding carboxylic acids is 1. The molecule has 1 aliphatic carbocycles. The number of fused-ring (bicyclic) bond motifs is 1. The van der Waals surface area contributed by atoms with E-state index in [4.69, 9.17) is 16.3 Å². The van der Waals surface area contributed by atoms with Crippen molar-refractivity contribution in [2.75, 3.05) is 19.8 Å². The molecule has 2 N–H and O–H groups in total. The summed E-state index contributed by atoms with van der Waals surface area (Å²) in [6, 6.07) is 5.61. The number of benzene rings is 1. The second-order valence-corrected chi connectivity index (χ2v) is 8.27. The zero-order valence-corrected chi connectivity index (χ0v) is 16.1. The average Bonchev–Trinajstić information content (AvgIpc) is 3.31. The Bertz CT molecular complexity index is 883. The Hall–Kier alpha value is -1.70. The van der Waals surface area contributed by atoms with Gasteiger partial charge in [-0.1, -0.05) is 17.7 Å². The zero-order chi connectivity index (χ0) is 19.9. The first-order valence-electron chi connectivity index (χ1n) is 9.53. The Kier molecular flexibility index (Phi) is 5.10. The minimum absolute atomic E-state index is 0.0395. The minimum atomic E-state index is -2.74. The maximum atomic E-state index is 13.4. The van der Waals surface area contributed by atoms with Gasteiger partial charge in [0.05, 0.1) is 34.4 Å². The number of carbonyl (C=O) groups is 1. The molecule has 2 aromatic rings. The molecule has 0 bridgehead atoms. The van der Waals surface area contributed by atoms with Crippen molar-refractivity contribution in [2.45, 2.75) is 49.7 Å². The highest BCUT2D eigenvalue weighted by Crippen LogP contribution is 2.38. The Labute approximate surface area is 166 Å². The summed E-state index contributed by atoms with van der Waals surface area (Å²) in [5.41, 5.74) is -0.0416. The van der Waals surface area contributed by atoms with Gasteiger partial charge in [-0.3, -0.25) is 4.79 Å². The van der Waals surface area contributed by atoms with Gasteiger partial charge in [-0.25, -0.2) is 8.78 Å². The lowest BCUT2D eigenvalue weighted by molar-refractivity contribution is -0.101. The van der Waals surface area contributed by atoms with Crippen LogP contribution in [0.25, 0.3) is 10.9 Å². The molecule has 1 saturated heterocycles. The second kappa shape index (κ2) is 7.28. The van der Waals surface area contributed by atoms with Gasteiger partial charge in [0.25, 0.3) is 5.91 Å². The molecule has 1 aromatic heterocycles. The van der Waals surface area contributed by atoms with Crippen molar-refractivity contribution in [1.82, 2.24) is 9.88 Å². The van der Waals surface area contributed by atoms with Gasteiger partial charge in [-0.05, 0) is 31.4 Å². The molecular formula is C20H23ClF2N2O3. The number of aliphatic hydroxyl groups is 1. The Balaban J connectivity index is 1.56. The number of halogens is 3. The molecule has 5 nitrogen and oxygen atoms in total. The van der Waals surface area contributed by atoms with E-state index in [-0.39, 0.29) is 44.2 Å². The van der Waals surface area contributed by atoms with Crippen molar-refractivity contribution >= 4 is 28.4 Å². The van der Waals surface area contributed by atoms with Gasteiger partial charge in [0.2, 0.25) is 5.92 Å². The van der Waals surface area contributed by atoms with Crippen LogP contribution in [0.3, 0.4) is 0 Å². The fourth-order valence-corrected chi connectivity index (χ4v) is 4.35. The number of ether oxygens (including phenoxy) is 1. The molecule has 1 aromatic carbocycles. The van der Waals surface area contributed by atoms with E-state index in [0.29, 0.717) is 29.2 Å². The minimum Gasteiger partial charge on any atom is -0.388 e. The second-order valence-electron chi connectivity index (χ2n) is 7.86. The number of rotatable bonds is 4. The van der Waals surface area contributed by atoms with Gasteiger partial charge in [-0.15, -0.1) is 0 Å². The van der Waals surface area contributed by atoms with E-state index >= 15 is 0 Å². The van der Waals surface area contributed by atoms with Crippen LogP contribution in [0, 0.1) is 0 Å². The number of hydrogen-bond acceptors (Lipinski definition) is 3. The lowest BCUT2D eigenvalue weighted by Gasteiger charge is -2.35. The predicted octanol–water partition coefficient (Wildman–Crippen LogP) is 3.93. The largest absolute Gasteiger partial charge is 0.388 e. The quantitative estimate of drug-likeness (QED) is 0.799. The van der Waals surface area contributed by atoms with Crippen LogP contribution >= 0.6 is 11.6 Å². The van der Waals surface area contributed by atoms with Crippen molar-refractivity contribution in [1.29, 1.82) is 0 Å². The van der Waals surface area contributed by atoms with Crippen LogP contribution in [0.5, 0.6) is 0 Å². The van der Waals surface area contributed by atoms with Gasteiger partial charge >= 0.3 is 0 Å². The van der Waals surface area contributed by atoms with E-state index < -0.39 is 11.5 Å². The molecule has 28 heavy (non-hydrogen) atoms. The fourth-order valence-electron chi connectivity index (χ4n) is 4.08. The standard InChI is InChI=1S/C20H23ClF2N2O3/c21-15-2-1-3-16-17(15)14(10-25(16)13-4-9-28-11-13)18(26)24-12-19(27)5-7-20(22,23)8-6-19/h1-3,10,13,27H,4-9,11-12H2,(H,24,26). The molecule has 2 heterocycles. The number of nitrogens with zero attached hydrogens (tertiary/aromatic N) is 1. The monoisotopic (exact) mass is 412 g/mol. The SMILES string of the molecule is O=C(NCC1(O)CCC(F)(F)CC1)c1cn(C2CCOC2)c2cccc(Cl)c12. The normalized spacial score (nSPS) is 23.8. The molecule has 4 rings (SSSR count). The topological polar surface area (TPSA) is 63.5 Å². The Morgan fingerprint density at radius 1 is 1.32 bits per heavy atom. The molecule has 1 unspecified atom stereocenters. The van der Waals surface area contributed by atoms with E-state index in [0.717, 1.165) is 11.9 Å². The summed E-state index contributed by atoms with van der Waals surface area (Å²) in [6.07, 6.45) is 1.80. The first-order valence-corrected chi connectivity index (χ1v) is 9.91. The first kappa shape index (κ1) is 19.6. The zero-order valence-electron chi connectivity index (χ0n) is 15.4. The molecule has 8 heteroatoms. The van der Waals surface area contributed by atoms with Crippen LogP contribution < -0.4 is 5.32 Å². The van der Waals surface area contributed by atoms with E-state index in [1.165, 1.54) is 0 Å². The molecule has 1 atom stereocenters. The molecule has 0 radical (unpaired) electrons. The van der Waals surface area contributed by atoms with Crippen LogP contribution in [0.4, 0.5) is 8.78 Å². The summed E-state index contributed by atoms with van der Waals surface area (Å²) < 4.78 is 34.2. The van der Waals surface area contributed by atoms with Gasteiger partial charge in [0.15, 0.2) is 0 Å². The molecule has 152 valence electrons. The van der Waals surface area contributed by atoms with Crippen molar-refractivity contribution in [3.63, 3.8) is 0 Å². The van der Waals surface area contributed by atoms with Gasteiger partial charge in [-0.2, -0.15) is 0 Å². The molecular weight excluding hydrogens is 390 g/mol. The van der Waals surface area contributed by atoms with E-state index in [1.54, 1.807) is 12.3 Å². The molecule has 1 amide bonds. The summed E-state index contributed by atoms with van der Waals surface area (Å²) in [5.74, 6) is -3.11. The lowest BCUT2D eigenvalue weighted by Crippen LogP contribution is -2.47. The van der Waals surface area contributed by atoms with Crippen molar-refractivity contribution in [3.8, 4) is 0 Å². The highest BCUT2D eigenvalue weighted by atomic mass is 35.5.